The van der Waals surface area contributed by atoms with E-state index in [0.29, 0.717) is 66.9 Å². The number of anilines is 2. The lowest BCUT2D eigenvalue weighted by atomic mass is 9.85. The van der Waals surface area contributed by atoms with Gasteiger partial charge >= 0.3 is 0 Å². The third kappa shape index (κ3) is 6.05. The van der Waals surface area contributed by atoms with Crippen LogP contribution in [0.4, 0.5) is 20.5 Å². The molecule has 3 heterocycles. The molecule has 1 saturated carbocycles. The number of fused-ring (bicyclic) bond motifs is 1. The first-order valence-electron chi connectivity index (χ1n) is 13.6. The van der Waals surface area contributed by atoms with Crippen LogP contribution in [-0.4, -0.2) is 88.6 Å². The van der Waals surface area contributed by atoms with Crippen LogP contribution in [0.2, 0.25) is 0 Å². The Morgan fingerprint density at radius 3 is 2.55 bits per heavy atom. The van der Waals surface area contributed by atoms with E-state index in [1.54, 1.807) is 24.3 Å². The number of rotatable bonds is 10. The summed E-state index contributed by atoms with van der Waals surface area (Å²) in [5, 5.41) is 12.5. The highest BCUT2D eigenvalue weighted by molar-refractivity contribution is 5.78. The van der Waals surface area contributed by atoms with Crippen LogP contribution in [0.5, 0.6) is 0 Å². The second kappa shape index (κ2) is 12.3. The van der Waals surface area contributed by atoms with Crippen molar-refractivity contribution in [2.24, 2.45) is 5.92 Å². The first-order chi connectivity index (χ1) is 18.5. The highest BCUT2D eigenvalue weighted by atomic mass is 19.3. The predicted octanol–water partition coefficient (Wildman–Crippen LogP) is 3.87. The molecule has 5 rings (SSSR count). The monoisotopic (exact) mass is 529 g/mol. The molecule has 38 heavy (non-hydrogen) atoms. The molecule has 0 bridgehead atoms. The summed E-state index contributed by atoms with van der Waals surface area (Å²) in [7, 11) is 2.14. The fourth-order valence-electron chi connectivity index (χ4n) is 5.53. The minimum atomic E-state index is -2.74. The maximum Gasteiger partial charge on any atom is 0.296 e. The lowest BCUT2D eigenvalue weighted by Gasteiger charge is -2.34. The van der Waals surface area contributed by atoms with Gasteiger partial charge in [0.1, 0.15) is 11.6 Å². The molecule has 0 unspecified atom stereocenters. The van der Waals surface area contributed by atoms with Gasteiger partial charge in [0, 0.05) is 44.9 Å². The lowest BCUT2D eigenvalue weighted by Crippen LogP contribution is -2.37. The van der Waals surface area contributed by atoms with Crippen LogP contribution in [0.15, 0.2) is 30.3 Å². The first-order valence-corrected chi connectivity index (χ1v) is 13.6. The number of hydrogen-bond donors (Lipinski definition) is 2. The van der Waals surface area contributed by atoms with Crippen LogP contribution < -0.4 is 10.2 Å². The maximum absolute atomic E-state index is 14.1. The lowest BCUT2D eigenvalue weighted by molar-refractivity contribution is 0.122. The quantitative estimate of drug-likeness (QED) is 0.409. The molecule has 1 aliphatic heterocycles. The van der Waals surface area contributed by atoms with Gasteiger partial charge in [0.25, 0.3) is 6.43 Å². The fourth-order valence-corrected chi connectivity index (χ4v) is 5.53. The number of alkyl halides is 2. The SMILES string of the molecule is CN(CCCO)[C@H]1CC[C@H](CNc2nc(N3CCOCC3)cc(-n3c(C(F)F)nc4ccccc43)n2)CC1. The second-order valence-corrected chi connectivity index (χ2v) is 10.2. The molecule has 3 aromatic rings. The van der Waals surface area contributed by atoms with Gasteiger partial charge in [0.2, 0.25) is 5.95 Å². The molecule has 0 atom stereocenters. The number of nitrogens with one attached hydrogen (secondary N) is 1. The zero-order valence-corrected chi connectivity index (χ0v) is 21.9. The number of halogens is 2. The van der Waals surface area contributed by atoms with Gasteiger partial charge in [0.15, 0.2) is 5.82 Å². The van der Waals surface area contributed by atoms with Crippen molar-refractivity contribution >= 4 is 22.8 Å². The topological polar surface area (TPSA) is 91.6 Å². The van der Waals surface area contributed by atoms with Gasteiger partial charge in [-0.15, -0.1) is 0 Å². The molecule has 0 spiro atoms. The van der Waals surface area contributed by atoms with Crippen LogP contribution >= 0.6 is 0 Å². The van der Waals surface area contributed by atoms with Crippen LogP contribution in [-0.2, 0) is 4.74 Å². The normalized spacial score (nSPS) is 20.5. The van der Waals surface area contributed by atoms with Gasteiger partial charge in [-0.05, 0) is 57.2 Å². The molecule has 1 saturated heterocycles. The standard InChI is InChI=1S/C27H37F2N7O2/c1-34(11-4-14-37)20-9-7-19(8-10-20)18-30-27-32-23(35-12-15-38-16-13-35)17-24(33-27)36-22-6-3-2-5-21(22)31-26(36)25(28)29/h2-3,5-6,17,19-20,25,37H,4,7-16,18H2,1H3,(H,30,32,33)/t19-,20-. The Morgan fingerprint density at radius 2 is 1.82 bits per heavy atom. The highest BCUT2D eigenvalue weighted by Crippen LogP contribution is 2.30. The van der Waals surface area contributed by atoms with E-state index in [1.165, 1.54) is 4.57 Å². The summed E-state index contributed by atoms with van der Waals surface area (Å²) in [6.45, 7) is 4.40. The average molecular weight is 530 g/mol. The van der Waals surface area contributed by atoms with E-state index < -0.39 is 6.43 Å². The van der Waals surface area contributed by atoms with Crippen molar-refractivity contribution in [1.82, 2.24) is 24.4 Å². The molecule has 2 aliphatic rings. The average Bonchev–Trinajstić information content (AvgIpc) is 3.36. The Kier molecular flexibility index (Phi) is 8.65. The van der Waals surface area contributed by atoms with E-state index in [2.05, 4.69) is 27.1 Å². The third-order valence-corrected chi connectivity index (χ3v) is 7.70. The molecular formula is C27H37F2N7O2. The molecule has 1 aliphatic carbocycles. The first kappa shape index (κ1) is 26.7. The van der Waals surface area contributed by atoms with Crippen molar-refractivity contribution in [3.63, 3.8) is 0 Å². The minimum Gasteiger partial charge on any atom is -0.396 e. The number of aromatic nitrogens is 4. The molecule has 206 valence electrons. The molecule has 2 aromatic heterocycles. The van der Waals surface area contributed by atoms with Gasteiger partial charge in [-0.2, -0.15) is 9.97 Å². The van der Waals surface area contributed by atoms with E-state index in [1.807, 2.05) is 6.07 Å². The van der Waals surface area contributed by atoms with Crippen molar-refractivity contribution < 1.29 is 18.6 Å². The predicted molar refractivity (Wildman–Crippen MR) is 143 cm³/mol. The van der Waals surface area contributed by atoms with Crippen LogP contribution in [0.3, 0.4) is 0 Å². The summed E-state index contributed by atoms with van der Waals surface area (Å²) in [4.78, 5) is 18.1. The van der Waals surface area contributed by atoms with Crippen LogP contribution in [0.25, 0.3) is 16.9 Å². The van der Waals surface area contributed by atoms with Crippen molar-refractivity contribution in [2.75, 3.05) is 63.3 Å². The number of benzene rings is 1. The molecule has 2 N–H and O–H groups in total. The van der Waals surface area contributed by atoms with Crippen molar-refractivity contribution in [2.45, 2.75) is 44.6 Å². The second-order valence-electron chi connectivity index (χ2n) is 10.2. The smallest absolute Gasteiger partial charge is 0.296 e. The number of aliphatic hydroxyl groups excluding tert-OH is 1. The maximum atomic E-state index is 14.1. The number of para-hydroxylation sites is 2. The summed E-state index contributed by atoms with van der Waals surface area (Å²) in [6.07, 6.45) is 2.49. The summed E-state index contributed by atoms with van der Waals surface area (Å²) >= 11 is 0. The van der Waals surface area contributed by atoms with Gasteiger partial charge in [-0.3, -0.25) is 4.57 Å². The minimum absolute atomic E-state index is 0.225. The molecule has 0 radical (unpaired) electrons. The molecule has 1 aromatic carbocycles. The number of ether oxygens (including phenoxy) is 1. The van der Waals surface area contributed by atoms with Gasteiger partial charge in [-0.25, -0.2) is 13.8 Å². The Bertz CT molecular complexity index is 1190. The van der Waals surface area contributed by atoms with Crippen molar-refractivity contribution in [1.29, 1.82) is 0 Å². The van der Waals surface area contributed by atoms with E-state index in [0.717, 1.165) is 45.2 Å². The van der Waals surface area contributed by atoms with E-state index in [-0.39, 0.29) is 12.4 Å². The summed E-state index contributed by atoms with van der Waals surface area (Å²) in [5.41, 5.74) is 1.09. The molecule has 9 nitrogen and oxygen atoms in total. The fraction of sp³-hybridized carbons (Fsp3) is 0.593. The number of imidazole rings is 1. The number of morpholine rings is 1. The Labute approximate surface area is 221 Å². The van der Waals surface area contributed by atoms with E-state index in [9.17, 15) is 8.78 Å². The van der Waals surface area contributed by atoms with Crippen molar-refractivity contribution in [3.8, 4) is 5.82 Å². The van der Waals surface area contributed by atoms with E-state index in [4.69, 9.17) is 19.8 Å². The Hall–Kier alpha value is -2.89. The number of hydrogen-bond acceptors (Lipinski definition) is 8. The zero-order valence-electron chi connectivity index (χ0n) is 21.9. The Balaban J connectivity index is 1.37. The number of aliphatic hydroxyl groups is 1. The summed E-state index contributed by atoms with van der Waals surface area (Å²) in [5.74, 6) is 1.66. The summed E-state index contributed by atoms with van der Waals surface area (Å²) in [6, 6.07) is 9.44. The molecule has 0 amide bonds. The van der Waals surface area contributed by atoms with Crippen molar-refractivity contribution in [3.05, 3.63) is 36.2 Å². The largest absolute Gasteiger partial charge is 0.396 e. The van der Waals surface area contributed by atoms with Crippen LogP contribution in [0, 0.1) is 5.92 Å². The Morgan fingerprint density at radius 1 is 1.08 bits per heavy atom. The van der Waals surface area contributed by atoms with Crippen LogP contribution in [0.1, 0.15) is 44.4 Å². The highest BCUT2D eigenvalue weighted by Gasteiger charge is 2.25. The molecular weight excluding hydrogens is 492 g/mol. The van der Waals surface area contributed by atoms with Gasteiger partial charge < -0.3 is 25.0 Å². The van der Waals surface area contributed by atoms with Gasteiger partial charge in [-0.1, -0.05) is 12.1 Å². The molecule has 11 heteroatoms. The number of nitrogens with zero attached hydrogens (tertiary/aromatic N) is 6. The summed E-state index contributed by atoms with van der Waals surface area (Å²) < 4.78 is 35.1. The van der Waals surface area contributed by atoms with Gasteiger partial charge in [0.05, 0.1) is 24.2 Å². The zero-order chi connectivity index (χ0) is 26.5. The third-order valence-electron chi connectivity index (χ3n) is 7.70. The molecule has 2 fully saturated rings. The van der Waals surface area contributed by atoms with E-state index >= 15 is 0 Å².